The van der Waals surface area contributed by atoms with Gasteiger partial charge in [-0.1, -0.05) is 6.92 Å². The molecular weight excluding hydrogens is 188 g/mol. The second kappa shape index (κ2) is 5.04. The van der Waals surface area contributed by atoms with E-state index in [-0.39, 0.29) is 0 Å². The van der Waals surface area contributed by atoms with Gasteiger partial charge < -0.3 is 24.8 Å². The van der Waals surface area contributed by atoms with Gasteiger partial charge in [-0.25, -0.2) is 0 Å². The van der Waals surface area contributed by atoms with Crippen molar-refractivity contribution in [1.29, 1.82) is 0 Å². The molecule has 1 saturated heterocycles. The highest BCUT2D eigenvalue weighted by atomic mass is 16.7. The molecule has 1 heterocycles. The molecule has 5 nitrogen and oxygen atoms in total. The highest BCUT2D eigenvalue weighted by Crippen LogP contribution is 2.21. The van der Waals surface area contributed by atoms with Gasteiger partial charge in [0.1, 0.15) is 18.3 Å². The monoisotopic (exact) mass is 206 g/mol. The Morgan fingerprint density at radius 2 is 1.79 bits per heavy atom. The third kappa shape index (κ3) is 2.43. The van der Waals surface area contributed by atoms with E-state index in [0.29, 0.717) is 6.61 Å². The molecule has 1 aliphatic heterocycles. The van der Waals surface area contributed by atoms with Crippen LogP contribution in [0, 0.1) is 0 Å². The summed E-state index contributed by atoms with van der Waals surface area (Å²) in [7, 11) is 0. The third-order valence-electron chi connectivity index (χ3n) is 2.29. The summed E-state index contributed by atoms with van der Waals surface area (Å²) < 4.78 is 10.4. The molecule has 0 aromatic heterocycles. The number of hydrogen-bond donors (Lipinski definition) is 3. The Labute approximate surface area is 83.3 Å². The standard InChI is InChI=1S/C9H18O5/c1-3-4-13-9-8(12)7(11)6(10)5(2)14-9/h5-12H,3-4H2,1-2H3/t5-,6+,7+,8-,9-/m0/s1. The zero-order valence-corrected chi connectivity index (χ0v) is 8.46. The van der Waals surface area contributed by atoms with Gasteiger partial charge in [-0.3, -0.25) is 0 Å². The van der Waals surface area contributed by atoms with Gasteiger partial charge in [0.15, 0.2) is 6.29 Å². The molecule has 5 heteroatoms. The molecule has 0 aliphatic carbocycles. The Hall–Kier alpha value is -0.200. The summed E-state index contributed by atoms with van der Waals surface area (Å²) in [5.74, 6) is 0. The average Bonchev–Trinajstić information content (AvgIpc) is 2.18. The fraction of sp³-hybridized carbons (Fsp3) is 1.00. The van der Waals surface area contributed by atoms with Crippen molar-refractivity contribution in [2.24, 2.45) is 0 Å². The molecule has 84 valence electrons. The van der Waals surface area contributed by atoms with Gasteiger partial charge in [0.25, 0.3) is 0 Å². The van der Waals surface area contributed by atoms with Crippen molar-refractivity contribution in [1.82, 2.24) is 0 Å². The third-order valence-corrected chi connectivity index (χ3v) is 2.29. The SMILES string of the molecule is CCCO[C@H]1O[C@@H](C)[C@@H](O)[C@@H](O)[C@@H]1O. The number of ether oxygens (including phenoxy) is 2. The molecule has 0 saturated carbocycles. The lowest BCUT2D eigenvalue weighted by molar-refractivity contribution is -0.293. The highest BCUT2D eigenvalue weighted by Gasteiger charge is 2.42. The Bertz CT molecular complexity index is 175. The van der Waals surface area contributed by atoms with Crippen LogP contribution in [0.15, 0.2) is 0 Å². The molecular formula is C9H18O5. The molecule has 1 rings (SSSR count). The van der Waals surface area contributed by atoms with Crippen LogP contribution < -0.4 is 0 Å². The van der Waals surface area contributed by atoms with Gasteiger partial charge in [0, 0.05) is 6.61 Å². The van der Waals surface area contributed by atoms with Gasteiger partial charge >= 0.3 is 0 Å². The van der Waals surface area contributed by atoms with Crippen LogP contribution in [-0.4, -0.2) is 52.6 Å². The van der Waals surface area contributed by atoms with E-state index in [0.717, 1.165) is 6.42 Å². The van der Waals surface area contributed by atoms with Gasteiger partial charge in [-0.2, -0.15) is 0 Å². The molecule has 0 bridgehead atoms. The zero-order valence-electron chi connectivity index (χ0n) is 8.46. The van der Waals surface area contributed by atoms with Gasteiger partial charge in [0.2, 0.25) is 0 Å². The number of rotatable bonds is 3. The number of aliphatic hydroxyl groups excluding tert-OH is 3. The first-order valence-electron chi connectivity index (χ1n) is 4.89. The molecule has 14 heavy (non-hydrogen) atoms. The van der Waals surface area contributed by atoms with Crippen LogP contribution in [0.1, 0.15) is 20.3 Å². The Morgan fingerprint density at radius 1 is 1.14 bits per heavy atom. The summed E-state index contributed by atoms with van der Waals surface area (Å²) in [6, 6.07) is 0. The molecule has 0 aromatic rings. The van der Waals surface area contributed by atoms with E-state index in [9.17, 15) is 15.3 Å². The van der Waals surface area contributed by atoms with E-state index >= 15 is 0 Å². The van der Waals surface area contributed by atoms with Crippen LogP contribution in [0.5, 0.6) is 0 Å². The van der Waals surface area contributed by atoms with Crippen LogP contribution in [0.25, 0.3) is 0 Å². The van der Waals surface area contributed by atoms with Crippen molar-refractivity contribution in [3.63, 3.8) is 0 Å². The minimum absolute atomic E-state index is 0.456. The second-order valence-corrected chi connectivity index (χ2v) is 3.55. The number of aliphatic hydroxyl groups is 3. The molecule has 0 unspecified atom stereocenters. The maximum Gasteiger partial charge on any atom is 0.186 e. The quantitative estimate of drug-likeness (QED) is 0.565. The van der Waals surface area contributed by atoms with E-state index < -0.39 is 30.7 Å². The molecule has 0 radical (unpaired) electrons. The normalized spacial score (nSPS) is 43.9. The predicted octanol–water partition coefficient (Wildman–Crippen LogP) is -0.760. The summed E-state index contributed by atoms with van der Waals surface area (Å²) in [5.41, 5.74) is 0. The van der Waals surface area contributed by atoms with Crippen LogP contribution >= 0.6 is 0 Å². The van der Waals surface area contributed by atoms with E-state index in [2.05, 4.69) is 0 Å². The smallest absolute Gasteiger partial charge is 0.186 e. The fourth-order valence-corrected chi connectivity index (χ4v) is 1.39. The molecule has 1 fully saturated rings. The topological polar surface area (TPSA) is 79.2 Å². The first kappa shape index (κ1) is 11.9. The van der Waals surface area contributed by atoms with Crippen LogP contribution in [0.4, 0.5) is 0 Å². The highest BCUT2D eigenvalue weighted by molar-refractivity contribution is 4.86. The summed E-state index contributed by atoms with van der Waals surface area (Å²) >= 11 is 0. The second-order valence-electron chi connectivity index (χ2n) is 3.55. The zero-order chi connectivity index (χ0) is 10.7. The number of hydrogen-bond acceptors (Lipinski definition) is 5. The van der Waals surface area contributed by atoms with E-state index in [1.54, 1.807) is 6.92 Å². The van der Waals surface area contributed by atoms with Crippen molar-refractivity contribution in [2.75, 3.05) is 6.61 Å². The van der Waals surface area contributed by atoms with Crippen molar-refractivity contribution in [3.8, 4) is 0 Å². The van der Waals surface area contributed by atoms with Crippen LogP contribution in [0.3, 0.4) is 0 Å². The first-order chi connectivity index (χ1) is 6.57. The molecule has 5 atom stereocenters. The predicted molar refractivity (Wildman–Crippen MR) is 48.6 cm³/mol. The minimum atomic E-state index is -1.21. The Kier molecular flexibility index (Phi) is 4.28. The van der Waals surface area contributed by atoms with Crippen molar-refractivity contribution >= 4 is 0 Å². The van der Waals surface area contributed by atoms with Crippen molar-refractivity contribution in [2.45, 2.75) is 51.0 Å². The summed E-state index contributed by atoms with van der Waals surface area (Å²) in [6.07, 6.45) is -4.03. The Morgan fingerprint density at radius 3 is 2.36 bits per heavy atom. The van der Waals surface area contributed by atoms with Gasteiger partial charge in [0.05, 0.1) is 6.10 Å². The van der Waals surface area contributed by atoms with E-state index in [1.165, 1.54) is 0 Å². The lowest BCUT2D eigenvalue weighted by Crippen LogP contribution is -2.57. The maximum atomic E-state index is 9.49. The molecule has 0 spiro atoms. The minimum Gasteiger partial charge on any atom is -0.388 e. The molecule has 0 amide bonds. The summed E-state index contributed by atoms with van der Waals surface area (Å²) in [5, 5.41) is 28.3. The van der Waals surface area contributed by atoms with Gasteiger partial charge in [-0.05, 0) is 13.3 Å². The van der Waals surface area contributed by atoms with Crippen molar-refractivity contribution in [3.05, 3.63) is 0 Å². The van der Waals surface area contributed by atoms with Crippen LogP contribution in [0.2, 0.25) is 0 Å². The van der Waals surface area contributed by atoms with E-state index in [4.69, 9.17) is 9.47 Å². The molecule has 0 aromatic carbocycles. The first-order valence-corrected chi connectivity index (χ1v) is 4.89. The average molecular weight is 206 g/mol. The van der Waals surface area contributed by atoms with Crippen LogP contribution in [-0.2, 0) is 9.47 Å². The molecule has 3 N–H and O–H groups in total. The summed E-state index contributed by atoms with van der Waals surface area (Å²) in [4.78, 5) is 0. The maximum absolute atomic E-state index is 9.49. The largest absolute Gasteiger partial charge is 0.388 e. The molecule has 1 aliphatic rings. The van der Waals surface area contributed by atoms with E-state index in [1.807, 2.05) is 6.92 Å². The Balaban J connectivity index is 2.52. The van der Waals surface area contributed by atoms with Gasteiger partial charge in [-0.15, -0.1) is 0 Å². The lowest BCUT2D eigenvalue weighted by Gasteiger charge is -2.38. The summed E-state index contributed by atoms with van der Waals surface area (Å²) in [6.45, 7) is 4.02. The fourth-order valence-electron chi connectivity index (χ4n) is 1.39. The lowest BCUT2D eigenvalue weighted by atomic mass is 10.0. The van der Waals surface area contributed by atoms with Crippen molar-refractivity contribution < 1.29 is 24.8 Å².